The fourth-order valence-electron chi connectivity index (χ4n) is 1.44. The van der Waals surface area contributed by atoms with Gasteiger partial charge in [-0.3, -0.25) is 14.4 Å². The van der Waals surface area contributed by atoms with Gasteiger partial charge in [-0.05, 0) is 32.0 Å². The van der Waals surface area contributed by atoms with E-state index in [1.54, 1.807) is 32.0 Å². The van der Waals surface area contributed by atoms with Gasteiger partial charge in [-0.2, -0.15) is 5.10 Å². The molecule has 1 aromatic rings. The van der Waals surface area contributed by atoms with Crippen molar-refractivity contribution in [1.82, 2.24) is 10.7 Å². The Morgan fingerprint density at radius 3 is 2.65 bits per heavy atom. The molecule has 0 fully saturated rings. The zero-order chi connectivity index (χ0) is 17.4. The number of hydrogen-bond donors (Lipinski definition) is 3. The number of nitrogens with zero attached hydrogens (tertiary/aromatic N) is 1. The zero-order valence-electron chi connectivity index (χ0n) is 12.6. The van der Waals surface area contributed by atoms with Crippen LogP contribution in [0, 0.1) is 0 Å². The van der Waals surface area contributed by atoms with Crippen LogP contribution >= 0.6 is 15.9 Å². The number of nitrogens with one attached hydrogen (secondary N) is 2. The molecular weight excluding hydrogens is 368 g/mol. The molecule has 0 heterocycles. The molecule has 0 aliphatic rings. The Bertz CT molecular complexity index is 631. The molecule has 0 aliphatic carbocycles. The van der Waals surface area contributed by atoms with Gasteiger partial charge < -0.3 is 15.8 Å². The molecule has 0 saturated heterocycles. The summed E-state index contributed by atoms with van der Waals surface area (Å²) < 4.78 is 5.98. The molecule has 9 heteroatoms. The van der Waals surface area contributed by atoms with Crippen LogP contribution in [-0.4, -0.2) is 36.6 Å². The van der Waals surface area contributed by atoms with Crippen molar-refractivity contribution in [2.24, 2.45) is 10.8 Å². The number of nitrogens with two attached hydrogens (primary N) is 1. The lowest BCUT2D eigenvalue weighted by atomic mass is 10.2. The summed E-state index contributed by atoms with van der Waals surface area (Å²) in [7, 11) is 0. The SMILES string of the molecule is CC(C)NC(=O)C(=O)N/N=C\c1cc(Br)ccc1OCC(N)=O. The molecule has 124 valence electrons. The molecule has 8 nitrogen and oxygen atoms in total. The van der Waals surface area contributed by atoms with Gasteiger partial charge in [-0.15, -0.1) is 0 Å². The summed E-state index contributed by atoms with van der Waals surface area (Å²) in [6.07, 6.45) is 1.29. The number of halogens is 1. The number of benzene rings is 1. The maximum absolute atomic E-state index is 11.5. The standard InChI is InChI=1S/C14H17BrN4O4/c1-8(2)18-13(21)14(22)19-17-6-9-5-10(15)3-4-11(9)23-7-12(16)20/h3-6,8H,7H2,1-2H3,(H2,16,20)(H,18,21)(H,19,22)/b17-6-. The van der Waals surface area contributed by atoms with Crippen LogP contribution in [0.2, 0.25) is 0 Å². The third kappa shape index (κ3) is 6.92. The lowest BCUT2D eigenvalue weighted by Gasteiger charge is -2.08. The minimum absolute atomic E-state index is 0.156. The highest BCUT2D eigenvalue weighted by atomic mass is 79.9. The van der Waals surface area contributed by atoms with Crippen LogP contribution in [0.5, 0.6) is 5.75 Å². The van der Waals surface area contributed by atoms with Gasteiger partial charge in [0.1, 0.15) is 5.75 Å². The largest absolute Gasteiger partial charge is 0.483 e. The van der Waals surface area contributed by atoms with Crippen LogP contribution in [0.25, 0.3) is 0 Å². The van der Waals surface area contributed by atoms with Crippen molar-refractivity contribution >= 4 is 39.9 Å². The molecule has 0 bridgehead atoms. The number of carbonyl (C=O) groups is 3. The van der Waals surface area contributed by atoms with Crippen LogP contribution in [0.3, 0.4) is 0 Å². The number of hydrazone groups is 1. The van der Waals surface area contributed by atoms with Gasteiger partial charge in [0, 0.05) is 16.1 Å². The molecule has 0 saturated carbocycles. The monoisotopic (exact) mass is 384 g/mol. The normalized spacial score (nSPS) is 10.6. The molecule has 23 heavy (non-hydrogen) atoms. The van der Waals surface area contributed by atoms with Crippen molar-refractivity contribution in [2.75, 3.05) is 6.61 Å². The van der Waals surface area contributed by atoms with E-state index in [0.29, 0.717) is 11.3 Å². The van der Waals surface area contributed by atoms with E-state index in [4.69, 9.17) is 10.5 Å². The van der Waals surface area contributed by atoms with Gasteiger partial charge in [0.05, 0.1) is 6.21 Å². The smallest absolute Gasteiger partial charge is 0.329 e. The Morgan fingerprint density at radius 1 is 1.35 bits per heavy atom. The van der Waals surface area contributed by atoms with Gasteiger partial charge in [-0.1, -0.05) is 15.9 Å². The minimum atomic E-state index is -0.885. The van der Waals surface area contributed by atoms with E-state index in [0.717, 1.165) is 4.47 Å². The first kappa shape index (κ1) is 18.6. The first-order valence-electron chi connectivity index (χ1n) is 6.64. The predicted octanol–water partition coefficient (Wildman–Crippen LogP) is 0.288. The Hall–Kier alpha value is -2.42. The second-order valence-corrected chi connectivity index (χ2v) is 5.68. The summed E-state index contributed by atoms with van der Waals surface area (Å²) in [5, 5.41) is 6.13. The van der Waals surface area contributed by atoms with Crippen LogP contribution in [-0.2, 0) is 14.4 Å². The van der Waals surface area contributed by atoms with Gasteiger partial charge in [0.2, 0.25) is 0 Å². The molecule has 1 aromatic carbocycles. The summed E-state index contributed by atoms with van der Waals surface area (Å²) in [5.41, 5.74) is 7.62. The van der Waals surface area contributed by atoms with E-state index in [1.165, 1.54) is 6.21 Å². The summed E-state index contributed by atoms with van der Waals surface area (Å²) in [5.74, 6) is -1.92. The fourth-order valence-corrected chi connectivity index (χ4v) is 1.82. The third-order valence-electron chi connectivity index (χ3n) is 2.34. The first-order chi connectivity index (χ1) is 10.8. The Morgan fingerprint density at radius 2 is 2.04 bits per heavy atom. The lowest BCUT2D eigenvalue weighted by molar-refractivity contribution is -0.139. The summed E-state index contributed by atoms with van der Waals surface area (Å²) >= 11 is 3.29. The van der Waals surface area contributed by atoms with E-state index in [-0.39, 0.29) is 12.6 Å². The van der Waals surface area contributed by atoms with Gasteiger partial charge in [0.25, 0.3) is 5.91 Å². The quantitative estimate of drug-likeness (QED) is 0.370. The van der Waals surface area contributed by atoms with E-state index >= 15 is 0 Å². The van der Waals surface area contributed by atoms with Gasteiger partial charge in [-0.25, -0.2) is 5.43 Å². The average Bonchev–Trinajstić information content (AvgIpc) is 2.45. The Balaban J connectivity index is 2.75. The highest BCUT2D eigenvalue weighted by molar-refractivity contribution is 9.10. The zero-order valence-corrected chi connectivity index (χ0v) is 14.2. The summed E-state index contributed by atoms with van der Waals surface area (Å²) in [6.45, 7) is 3.18. The molecular formula is C14H17BrN4O4. The van der Waals surface area contributed by atoms with Crippen molar-refractivity contribution in [2.45, 2.75) is 19.9 Å². The Kier molecular flexibility index (Phi) is 7.20. The van der Waals surface area contributed by atoms with E-state index < -0.39 is 17.7 Å². The molecule has 4 N–H and O–H groups in total. The maximum atomic E-state index is 11.5. The molecule has 0 unspecified atom stereocenters. The van der Waals surface area contributed by atoms with Crippen molar-refractivity contribution in [1.29, 1.82) is 0 Å². The van der Waals surface area contributed by atoms with Crippen LogP contribution in [0.1, 0.15) is 19.4 Å². The van der Waals surface area contributed by atoms with Crippen molar-refractivity contribution in [3.63, 3.8) is 0 Å². The second-order valence-electron chi connectivity index (χ2n) is 4.76. The van der Waals surface area contributed by atoms with Gasteiger partial charge in [0.15, 0.2) is 6.61 Å². The maximum Gasteiger partial charge on any atom is 0.329 e. The number of ether oxygens (including phenoxy) is 1. The fraction of sp³-hybridized carbons (Fsp3) is 0.286. The lowest BCUT2D eigenvalue weighted by Crippen LogP contribution is -2.41. The number of carbonyl (C=O) groups excluding carboxylic acids is 3. The van der Waals surface area contributed by atoms with Crippen LogP contribution < -0.4 is 21.2 Å². The first-order valence-corrected chi connectivity index (χ1v) is 7.43. The molecule has 0 aliphatic heterocycles. The topological polar surface area (TPSA) is 123 Å². The molecule has 0 atom stereocenters. The Labute approximate surface area is 141 Å². The summed E-state index contributed by atoms with van der Waals surface area (Å²) in [4.78, 5) is 33.7. The number of amides is 3. The van der Waals surface area contributed by atoms with Crippen molar-refractivity contribution in [3.8, 4) is 5.75 Å². The van der Waals surface area contributed by atoms with Gasteiger partial charge >= 0.3 is 11.8 Å². The highest BCUT2D eigenvalue weighted by Gasteiger charge is 2.13. The second kappa shape index (κ2) is 8.89. The third-order valence-corrected chi connectivity index (χ3v) is 2.83. The number of primary amides is 1. The minimum Gasteiger partial charge on any atom is -0.483 e. The molecule has 0 aromatic heterocycles. The predicted molar refractivity (Wildman–Crippen MR) is 87.8 cm³/mol. The van der Waals surface area contributed by atoms with Crippen molar-refractivity contribution in [3.05, 3.63) is 28.2 Å². The van der Waals surface area contributed by atoms with E-state index in [2.05, 4.69) is 31.8 Å². The van der Waals surface area contributed by atoms with E-state index in [9.17, 15) is 14.4 Å². The van der Waals surface area contributed by atoms with Crippen LogP contribution in [0.15, 0.2) is 27.8 Å². The van der Waals surface area contributed by atoms with E-state index in [1.807, 2.05) is 0 Å². The molecule has 3 amide bonds. The number of hydrogen-bond acceptors (Lipinski definition) is 5. The van der Waals surface area contributed by atoms with Crippen molar-refractivity contribution < 1.29 is 19.1 Å². The van der Waals surface area contributed by atoms with Crippen LogP contribution in [0.4, 0.5) is 0 Å². The average molecular weight is 385 g/mol. The molecule has 1 rings (SSSR count). The summed E-state index contributed by atoms with van der Waals surface area (Å²) in [6, 6.07) is 4.83. The molecule has 0 spiro atoms. The molecule has 0 radical (unpaired) electrons. The highest BCUT2D eigenvalue weighted by Crippen LogP contribution is 2.21. The number of rotatable bonds is 6.